The van der Waals surface area contributed by atoms with Crippen LogP contribution in [0.15, 0.2) is 4.58 Å². The maximum atomic E-state index is 9.16. The molecule has 0 amide bonds. The van der Waals surface area contributed by atoms with Gasteiger partial charge >= 0.3 is 0 Å². The van der Waals surface area contributed by atoms with Gasteiger partial charge in [0.15, 0.2) is 0 Å². The Kier molecular flexibility index (Phi) is 2.49. The summed E-state index contributed by atoms with van der Waals surface area (Å²) in [7, 11) is -0.670. The summed E-state index contributed by atoms with van der Waals surface area (Å²) in [6.07, 6.45) is 1.59. The molecule has 0 aromatic heterocycles. The second kappa shape index (κ2) is 2.41. The van der Waals surface area contributed by atoms with Crippen LogP contribution in [0.1, 0.15) is 0 Å². The molecule has 4 heteroatoms. The lowest BCUT2D eigenvalue weighted by Gasteiger charge is -1.64. The topological polar surface area (TPSA) is 29.4 Å². The van der Waals surface area contributed by atoms with E-state index in [2.05, 4.69) is 15.8 Å². The molecule has 0 aromatic carbocycles. The first kappa shape index (κ1) is 5.17. The van der Waals surface area contributed by atoms with Gasteiger partial charge in [-0.15, -0.1) is 4.91 Å². The zero-order valence-corrected chi connectivity index (χ0v) is 4.30. The van der Waals surface area contributed by atoms with Crippen molar-refractivity contribution in [1.82, 2.24) is 0 Å². The number of nitroso groups, excluding NO2 is 1. The van der Waals surface area contributed by atoms with Crippen LogP contribution in [-0.4, -0.2) is 6.26 Å². The van der Waals surface area contributed by atoms with Gasteiger partial charge in [-0.05, 0) is 11.2 Å². The molecule has 2 nitrogen and oxygen atoms in total. The van der Waals surface area contributed by atoms with E-state index >= 15 is 0 Å². The van der Waals surface area contributed by atoms with E-state index in [9.17, 15) is 0 Å². The summed E-state index contributed by atoms with van der Waals surface area (Å²) in [6, 6.07) is 0. The lowest BCUT2D eigenvalue weighted by Crippen LogP contribution is -1.65. The summed E-state index contributed by atoms with van der Waals surface area (Å²) in [5, 5.41) is 0. The van der Waals surface area contributed by atoms with Crippen LogP contribution in [0.2, 0.25) is 0 Å². The molecule has 30 valence electrons. The van der Waals surface area contributed by atoms with Gasteiger partial charge in [0.2, 0.25) is 0 Å². The molecule has 0 radical (unpaired) electrons. The summed E-state index contributed by atoms with van der Waals surface area (Å²) < 4.78 is 2.48. The first-order valence-corrected chi connectivity index (χ1v) is 3.46. The summed E-state index contributed by atoms with van der Waals surface area (Å²) in [5.41, 5.74) is 0. The van der Waals surface area contributed by atoms with E-state index in [1.165, 1.54) is 0 Å². The molecule has 0 saturated heterocycles. The lowest BCUT2D eigenvalue weighted by atomic mass is 12.0. The number of hydrogen-bond donors (Lipinski definition) is 0. The molecule has 0 N–H and O–H groups in total. The number of nitrogens with zero attached hydrogens (tertiary/aromatic N) is 1. The van der Waals surface area contributed by atoms with Crippen LogP contribution >= 0.6 is 0 Å². The molecule has 0 aliphatic heterocycles. The molecule has 0 rings (SSSR count). The molecular weight excluding hydrogens is 106 g/mol. The van der Waals surface area contributed by atoms with Crippen molar-refractivity contribution in [1.29, 1.82) is 0 Å². The smallest absolute Gasteiger partial charge is 0.0339 e. The van der Waals surface area contributed by atoms with Gasteiger partial charge < -0.3 is 0 Å². The van der Waals surface area contributed by atoms with Gasteiger partial charge in [0.05, 0.1) is 0 Å². The van der Waals surface area contributed by atoms with Crippen molar-refractivity contribution < 1.29 is 0 Å². The first-order valence-electron chi connectivity index (χ1n) is 0.940. The maximum absolute atomic E-state index is 9.16. The molecule has 1 unspecified atom stereocenters. The Morgan fingerprint density at radius 2 is 2.20 bits per heavy atom. The van der Waals surface area contributed by atoms with Crippen LogP contribution in [-0.2, 0) is 20.8 Å². The molecule has 0 aliphatic rings. The Bertz CT molecular complexity index is 60.7. The highest BCUT2D eigenvalue weighted by molar-refractivity contribution is 8.27. The quantitative estimate of drug-likeness (QED) is 0.455. The van der Waals surface area contributed by atoms with Gasteiger partial charge in [0, 0.05) is 20.5 Å². The average Bonchev–Trinajstić information content (AvgIpc) is 1.38. The minimum absolute atomic E-state index is 0.670. The van der Waals surface area contributed by atoms with E-state index in [4.69, 9.17) is 4.91 Å². The average molecular weight is 109 g/mol. The number of hydrogen-bond acceptors (Lipinski definition) is 2. The van der Waals surface area contributed by atoms with E-state index < -0.39 is 9.64 Å². The Labute approximate surface area is 37.3 Å². The summed E-state index contributed by atoms with van der Waals surface area (Å²) in [5.74, 6) is 0. The van der Waals surface area contributed by atoms with E-state index in [1.54, 1.807) is 6.26 Å². The van der Waals surface area contributed by atoms with Crippen LogP contribution in [0.3, 0.4) is 0 Å². The summed E-state index contributed by atoms with van der Waals surface area (Å²) in [6.45, 7) is 0. The zero-order valence-electron chi connectivity index (χ0n) is 2.67. The normalized spacial score (nSPS) is 13.8. The molecule has 0 saturated carbocycles. The Hall–Kier alpha value is 0.170. The van der Waals surface area contributed by atoms with E-state index in [1.807, 2.05) is 0 Å². The number of rotatable bonds is 1. The van der Waals surface area contributed by atoms with Crippen molar-refractivity contribution in [2.45, 2.75) is 0 Å². The van der Waals surface area contributed by atoms with Crippen LogP contribution in [0.4, 0.5) is 0 Å². The molecule has 0 aliphatic carbocycles. The first-order chi connectivity index (χ1) is 2.27. The highest BCUT2D eigenvalue weighted by Gasteiger charge is 1.66. The highest BCUT2D eigenvalue weighted by Crippen LogP contribution is 1.67. The fraction of sp³-hybridized carbons (Fsp3) is 1.00. The minimum atomic E-state index is -0.670. The predicted molar refractivity (Wildman–Crippen MR) is 26.4 cm³/mol. The van der Waals surface area contributed by atoms with E-state index in [-0.39, 0.29) is 0 Å². The zero-order chi connectivity index (χ0) is 4.28. The second-order valence-corrected chi connectivity index (χ2v) is 2.94. The highest BCUT2D eigenvalue weighted by atomic mass is 32.8. The molecule has 5 heavy (non-hydrogen) atoms. The molecule has 0 heterocycles. The van der Waals surface area contributed by atoms with E-state index in [0.717, 1.165) is 0 Å². The fourth-order valence-corrected chi connectivity index (χ4v) is 0. The van der Waals surface area contributed by atoms with Crippen molar-refractivity contribution in [3.8, 4) is 0 Å². The van der Waals surface area contributed by atoms with Crippen molar-refractivity contribution in [3.63, 3.8) is 0 Å². The van der Waals surface area contributed by atoms with E-state index in [0.29, 0.717) is 0 Å². The van der Waals surface area contributed by atoms with Gasteiger partial charge in [-0.2, -0.15) is 0 Å². The predicted octanol–water partition coefficient (Wildman–Crippen LogP) is 0.378. The largest absolute Gasteiger partial charge is 0.137 e. The van der Waals surface area contributed by atoms with Gasteiger partial charge in [0.1, 0.15) is 0 Å². The molecular formula is CH3NOS2. The standard InChI is InChI=1S/CH3NOS2/c1-5(4)2-3/h1H3. The van der Waals surface area contributed by atoms with Gasteiger partial charge in [-0.1, -0.05) is 0 Å². The van der Waals surface area contributed by atoms with Crippen molar-refractivity contribution in [3.05, 3.63) is 4.91 Å². The van der Waals surface area contributed by atoms with Crippen molar-refractivity contribution >= 4 is 20.8 Å². The molecule has 0 aromatic rings. The van der Waals surface area contributed by atoms with Crippen LogP contribution in [0.5, 0.6) is 0 Å². The third-order valence-electron chi connectivity index (χ3n) is 0.105. The molecule has 0 bridgehead atoms. The van der Waals surface area contributed by atoms with Gasteiger partial charge in [-0.25, -0.2) is 0 Å². The van der Waals surface area contributed by atoms with Crippen LogP contribution in [0, 0.1) is 4.91 Å². The molecule has 0 fully saturated rings. The SMILES string of the molecule is CS(=S)N=O. The third kappa shape index (κ3) is 4.17. The van der Waals surface area contributed by atoms with Gasteiger partial charge in [-0.3, -0.25) is 0 Å². The molecule has 0 spiro atoms. The minimum Gasteiger partial charge on any atom is -0.137 e. The monoisotopic (exact) mass is 109 g/mol. The van der Waals surface area contributed by atoms with Crippen molar-refractivity contribution in [2.24, 2.45) is 4.58 Å². The van der Waals surface area contributed by atoms with Crippen LogP contribution in [0.25, 0.3) is 0 Å². The Morgan fingerprint density at radius 3 is 2.20 bits per heavy atom. The fourth-order valence-electron chi connectivity index (χ4n) is 0. The Morgan fingerprint density at radius 1 is 2.00 bits per heavy atom. The Balaban J connectivity index is 3.20. The van der Waals surface area contributed by atoms with Crippen LogP contribution < -0.4 is 0 Å². The lowest BCUT2D eigenvalue weighted by molar-refractivity contribution is 1.86. The summed E-state index contributed by atoms with van der Waals surface area (Å²) in [4.78, 5) is 9.16. The molecule has 1 atom stereocenters. The summed E-state index contributed by atoms with van der Waals surface area (Å²) >= 11 is 4.33. The maximum Gasteiger partial charge on any atom is 0.0339 e. The van der Waals surface area contributed by atoms with Gasteiger partial charge in [0.25, 0.3) is 0 Å². The third-order valence-corrected chi connectivity index (χ3v) is 0.497. The second-order valence-electron chi connectivity index (χ2n) is 0.498. The van der Waals surface area contributed by atoms with Crippen molar-refractivity contribution in [2.75, 3.05) is 6.26 Å².